The van der Waals surface area contributed by atoms with E-state index in [1.165, 1.54) is 51.4 Å². The zero-order valence-corrected chi connectivity index (χ0v) is 37.6. The Bertz CT molecular complexity index is 1250. The van der Waals surface area contributed by atoms with Crippen LogP contribution in [0.4, 0.5) is 0 Å². The van der Waals surface area contributed by atoms with Crippen molar-refractivity contribution in [2.45, 2.75) is 256 Å². The summed E-state index contributed by atoms with van der Waals surface area (Å²) in [4.78, 5) is 3.30. The van der Waals surface area contributed by atoms with Gasteiger partial charge in [-0.05, 0) is 230 Å². The monoisotopic (exact) mass is 780 g/mol. The molecule has 11 aliphatic rings. The van der Waals surface area contributed by atoms with Crippen LogP contribution in [0.2, 0.25) is 0 Å². The topological polar surface area (TPSA) is 3.24 Å². The molecule has 11 saturated carbocycles. The Balaban J connectivity index is 0.710. The fourth-order valence-corrected chi connectivity index (χ4v) is 20.6. The molecule has 1 heteroatoms. The third-order valence-electron chi connectivity index (χ3n) is 22.9. The number of nitrogens with zero attached hydrogens (tertiary/aromatic N) is 1. The first-order valence-corrected chi connectivity index (χ1v) is 28.0. The first-order chi connectivity index (χ1) is 28.2. The SMILES string of the molecule is C1CCC(C2CCC(N(C3CCCCC3)C3CCC(C4CCC5C(C4)CC4CCCC(C6CCC(C7CC8CCCCC8C7)C7CCCCC76)C45)CC3)CC2)CC1. The van der Waals surface area contributed by atoms with Crippen LogP contribution in [0.15, 0.2) is 0 Å². The average Bonchev–Trinajstić information content (AvgIpc) is 3.89. The van der Waals surface area contributed by atoms with Gasteiger partial charge in [0.1, 0.15) is 0 Å². The molecule has 322 valence electrons. The first-order valence-electron chi connectivity index (χ1n) is 28.0. The largest absolute Gasteiger partial charge is 0.294 e. The minimum absolute atomic E-state index is 0.934. The van der Waals surface area contributed by atoms with E-state index in [-0.39, 0.29) is 0 Å². The highest BCUT2D eigenvalue weighted by atomic mass is 15.2. The third kappa shape index (κ3) is 8.09. The molecule has 0 bridgehead atoms. The number of hydrogen-bond donors (Lipinski definition) is 0. The van der Waals surface area contributed by atoms with Gasteiger partial charge in [-0.25, -0.2) is 0 Å². The predicted molar refractivity (Wildman–Crippen MR) is 240 cm³/mol. The van der Waals surface area contributed by atoms with Gasteiger partial charge in [-0.1, -0.05) is 103 Å². The molecule has 0 heterocycles. The third-order valence-corrected chi connectivity index (χ3v) is 22.9. The van der Waals surface area contributed by atoms with Gasteiger partial charge >= 0.3 is 0 Å². The van der Waals surface area contributed by atoms with E-state index in [0.29, 0.717) is 0 Å². The van der Waals surface area contributed by atoms with Gasteiger partial charge in [0.05, 0.1) is 0 Å². The molecule has 11 fully saturated rings. The Labute approximate surface area is 354 Å². The Hall–Kier alpha value is -0.0400. The Morgan fingerprint density at radius 3 is 1.23 bits per heavy atom. The molecule has 0 radical (unpaired) electrons. The Kier molecular flexibility index (Phi) is 12.5. The molecule has 0 saturated heterocycles. The number of fused-ring (bicyclic) bond motifs is 5. The normalized spacial score (nSPS) is 50.2. The molecule has 0 aliphatic heterocycles. The lowest BCUT2D eigenvalue weighted by Crippen LogP contribution is -2.52. The number of hydrogen-bond acceptors (Lipinski definition) is 1. The zero-order chi connectivity index (χ0) is 37.7. The van der Waals surface area contributed by atoms with Gasteiger partial charge < -0.3 is 0 Å². The molecule has 11 rings (SSSR count). The molecule has 1 nitrogen and oxygen atoms in total. The van der Waals surface area contributed by atoms with Crippen molar-refractivity contribution in [1.29, 1.82) is 0 Å². The molecular formula is C56H93N. The van der Waals surface area contributed by atoms with Crippen molar-refractivity contribution in [2.75, 3.05) is 0 Å². The lowest BCUT2D eigenvalue weighted by Gasteiger charge is -2.54. The molecule has 0 aromatic carbocycles. The fourth-order valence-electron chi connectivity index (χ4n) is 20.6. The minimum atomic E-state index is 0.934. The van der Waals surface area contributed by atoms with Crippen LogP contribution in [-0.2, 0) is 0 Å². The Morgan fingerprint density at radius 2 is 0.561 bits per heavy atom. The molecule has 11 aliphatic carbocycles. The van der Waals surface area contributed by atoms with Gasteiger partial charge in [0.25, 0.3) is 0 Å². The van der Waals surface area contributed by atoms with Crippen LogP contribution in [0.25, 0.3) is 0 Å². The van der Waals surface area contributed by atoms with Crippen molar-refractivity contribution in [3.8, 4) is 0 Å². The summed E-state index contributed by atoms with van der Waals surface area (Å²) in [5.74, 6) is 18.0. The summed E-state index contributed by atoms with van der Waals surface area (Å²) < 4.78 is 0. The average molecular weight is 780 g/mol. The molecular weight excluding hydrogens is 687 g/mol. The molecule has 0 N–H and O–H groups in total. The maximum Gasteiger partial charge on any atom is 0.0101 e. The lowest BCUT2D eigenvalue weighted by atomic mass is 9.52. The van der Waals surface area contributed by atoms with Crippen molar-refractivity contribution < 1.29 is 0 Å². The molecule has 0 spiro atoms. The molecule has 12 atom stereocenters. The molecule has 57 heavy (non-hydrogen) atoms. The van der Waals surface area contributed by atoms with Crippen LogP contribution in [-0.4, -0.2) is 23.0 Å². The van der Waals surface area contributed by atoms with Crippen LogP contribution >= 0.6 is 0 Å². The van der Waals surface area contributed by atoms with E-state index >= 15 is 0 Å². The second-order valence-electron chi connectivity index (χ2n) is 25.0. The summed E-state index contributed by atoms with van der Waals surface area (Å²) in [5, 5.41) is 0. The molecule has 0 aromatic rings. The Morgan fingerprint density at radius 1 is 0.193 bits per heavy atom. The fraction of sp³-hybridized carbons (Fsp3) is 1.00. The lowest BCUT2D eigenvalue weighted by molar-refractivity contribution is -0.0443. The van der Waals surface area contributed by atoms with E-state index in [2.05, 4.69) is 4.90 Å². The van der Waals surface area contributed by atoms with Crippen LogP contribution in [0.3, 0.4) is 0 Å². The zero-order valence-electron chi connectivity index (χ0n) is 37.6. The highest BCUT2D eigenvalue weighted by Crippen LogP contribution is 2.64. The van der Waals surface area contributed by atoms with Crippen molar-refractivity contribution in [3.05, 3.63) is 0 Å². The van der Waals surface area contributed by atoms with Crippen molar-refractivity contribution in [1.82, 2.24) is 4.90 Å². The van der Waals surface area contributed by atoms with E-state index in [1.807, 2.05) is 0 Å². The second-order valence-corrected chi connectivity index (χ2v) is 25.0. The minimum Gasteiger partial charge on any atom is -0.294 e. The van der Waals surface area contributed by atoms with Gasteiger partial charge in [-0.15, -0.1) is 0 Å². The van der Waals surface area contributed by atoms with E-state index in [4.69, 9.17) is 0 Å². The van der Waals surface area contributed by atoms with Crippen LogP contribution < -0.4 is 0 Å². The summed E-state index contributed by atoms with van der Waals surface area (Å²) >= 11 is 0. The van der Waals surface area contributed by atoms with Crippen LogP contribution in [0, 0.1) is 94.7 Å². The summed E-state index contributed by atoms with van der Waals surface area (Å²) in [6, 6.07) is 2.81. The van der Waals surface area contributed by atoms with E-state index in [0.717, 1.165) is 113 Å². The van der Waals surface area contributed by atoms with Crippen molar-refractivity contribution >= 4 is 0 Å². The maximum absolute atomic E-state index is 3.30. The summed E-state index contributed by atoms with van der Waals surface area (Å²) in [7, 11) is 0. The first kappa shape index (κ1) is 39.8. The summed E-state index contributed by atoms with van der Waals surface area (Å²) in [6.45, 7) is 0. The van der Waals surface area contributed by atoms with E-state index in [1.54, 1.807) is 186 Å². The number of rotatable bonds is 7. The molecule has 0 amide bonds. The van der Waals surface area contributed by atoms with Crippen molar-refractivity contribution in [2.24, 2.45) is 94.7 Å². The molecule has 0 aromatic heterocycles. The van der Waals surface area contributed by atoms with E-state index in [9.17, 15) is 0 Å². The quantitative estimate of drug-likeness (QED) is 0.249. The van der Waals surface area contributed by atoms with Crippen molar-refractivity contribution in [3.63, 3.8) is 0 Å². The van der Waals surface area contributed by atoms with Crippen LogP contribution in [0.5, 0.6) is 0 Å². The van der Waals surface area contributed by atoms with Gasteiger partial charge in [0.15, 0.2) is 0 Å². The van der Waals surface area contributed by atoms with Gasteiger partial charge in [-0.2, -0.15) is 0 Å². The standard InChI is InChI=1S/C56H93N/c1-3-12-38(13-4-1)39-22-27-48(28-23-39)57(47-17-5-2-6-18-47)49-29-24-40(25-30-49)43-26-31-51-46(36-43)37-44-16-11-21-55(56(44)51)54-33-32-50(52-19-9-10-20-53(52)54)45-34-41-14-7-8-15-42(41)35-45/h38-56H,1-37H2. The second kappa shape index (κ2) is 18.0. The van der Waals surface area contributed by atoms with Gasteiger partial charge in [-0.3, -0.25) is 4.90 Å². The predicted octanol–water partition coefficient (Wildman–Crippen LogP) is 15.8. The van der Waals surface area contributed by atoms with Crippen LogP contribution in [0.1, 0.15) is 238 Å². The van der Waals surface area contributed by atoms with Gasteiger partial charge in [0, 0.05) is 18.1 Å². The highest BCUT2D eigenvalue weighted by molar-refractivity contribution is 5.05. The highest BCUT2D eigenvalue weighted by Gasteiger charge is 2.55. The summed E-state index contributed by atoms with van der Waals surface area (Å²) in [6.07, 6.45) is 58.8. The summed E-state index contributed by atoms with van der Waals surface area (Å²) in [5.41, 5.74) is 0. The smallest absolute Gasteiger partial charge is 0.0101 e. The molecule has 12 unspecified atom stereocenters. The van der Waals surface area contributed by atoms with Gasteiger partial charge in [0.2, 0.25) is 0 Å². The maximum atomic E-state index is 3.30. The van der Waals surface area contributed by atoms with E-state index < -0.39 is 0 Å².